The molecule has 1 amide bonds. The zero-order valence-corrected chi connectivity index (χ0v) is 30.8. The lowest BCUT2D eigenvalue weighted by Gasteiger charge is -2.23. The predicted molar refractivity (Wildman–Crippen MR) is 198 cm³/mol. The number of aliphatic hydroxyl groups excluding tert-OH is 1. The van der Waals surface area contributed by atoms with Gasteiger partial charge >= 0.3 is 0 Å². The molecule has 6 nitrogen and oxygen atoms in total. The number of amides is 1. The first-order chi connectivity index (χ1) is 22.3. The quantitative estimate of drug-likeness (QED) is 0.0360. The van der Waals surface area contributed by atoms with Crippen LogP contribution in [0.2, 0.25) is 0 Å². The maximum atomic E-state index is 12.5. The van der Waals surface area contributed by atoms with Crippen molar-refractivity contribution in [3.05, 3.63) is 36.5 Å². The number of hydrogen-bond donors (Lipinski definition) is 3. The number of rotatable bonds is 34. The van der Waals surface area contributed by atoms with Crippen LogP contribution in [0.3, 0.4) is 0 Å². The first kappa shape index (κ1) is 44.6. The van der Waals surface area contributed by atoms with Crippen molar-refractivity contribution >= 4 is 16.0 Å². The van der Waals surface area contributed by atoms with Crippen LogP contribution in [-0.2, 0) is 14.9 Å². The zero-order valence-electron chi connectivity index (χ0n) is 29.9. The average molecular weight is 668 g/mol. The van der Waals surface area contributed by atoms with E-state index in [4.69, 9.17) is 0 Å². The molecule has 0 aliphatic rings. The molecule has 0 saturated heterocycles. The fourth-order valence-electron chi connectivity index (χ4n) is 5.70. The van der Waals surface area contributed by atoms with Crippen LogP contribution in [0.25, 0.3) is 0 Å². The van der Waals surface area contributed by atoms with E-state index in [0.29, 0.717) is 12.8 Å². The summed E-state index contributed by atoms with van der Waals surface area (Å²) in [5.41, 5.74) is 0. The Balaban J connectivity index is 3.82. The number of allylic oxidation sites excluding steroid dienone is 6. The molecule has 270 valence electrons. The molecular formula is C39H73NO5S. The van der Waals surface area contributed by atoms with Crippen LogP contribution in [0.1, 0.15) is 187 Å². The van der Waals surface area contributed by atoms with Crippen LogP contribution < -0.4 is 5.32 Å². The van der Waals surface area contributed by atoms with Gasteiger partial charge in [0, 0.05) is 6.42 Å². The lowest BCUT2D eigenvalue weighted by molar-refractivity contribution is -0.122. The van der Waals surface area contributed by atoms with Crippen LogP contribution in [-0.4, -0.2) is 41.9 Å². The molecule has 0 aliphatic heterocycles. The van der Waals surface area contributed by atoms with E-state index in [9.17, 15) is 22.9 Å². The summed E-state index contributed by atoms with van der Waals surface area (Å²) in [4.78, 5) is 12.5. The molecular weight excluding hydrogens is 594 g/mol. The minimum absolute atomic E-state index is 0.257. The molecule has 0 saturated carbocycles. The molecule has 2 unspecified atom stereocenters. The fourth-order valence-corrected chi connectivity index (χ4v) is 6.45. The molecule has 0 spiro atoms. The SMILES string of the molecule is CCCCCCC/C=C\C/C=C\C/C=C\CCCCCCCCCCC(=O)NC(CS(=O)(=O)O)C(O)CCCCCCCCCC. The lowest BCUT2D eigenvalue weighted by atomic mass is 10.0. The van der Waals surface area contributed by atoms with Crippen molar-refractivity contribution in [1.29, 1.82) is 0 Å². The largest absolute Gasteiger partial charge is 0.391 e. The molecule has 0 fully saturated rings. The van der Waals surface area contributed by atoms with Crippen molar-refractivity contribution < 1.29 is 22.9 Å². The number of carbonyl (C=O) groups is 1. The number of nitrogens with one attached hydrogen (secondary N) is 1. The molecule has 0 bridgehead atoms. The molecule has 0 aromatic heterocycles. The van der Waals surface area contributed by atoms with Crippen molar-refractivity contribution in [3.8, 4) is 0 Å². The van der Waals surface area contributed by atoms with Crippen LogP contribution >= 0.6 is 0 Å². The smallest absolute Gasteiger partial charge is 0.266 e. The van der Waals surface area contributed by atoms with Crippen LogP contribution in [0.15, 0.2) is 36.5 Å². The van der Waals surface area contributed by atoms with Crippen LogP contribution in [0.4, 0.5) is 0 Å². The Morgan fingerprint density at radius 2 is 0.978 bits per heavy atom. The highest BCUT2D eigenvalue weighted by Crippen LogP contribution is 2.14. The Morgan fingerprint density at radius 1 is 0.587 bits per heavy atom. The second-order valence-corrected chi connectivity index (χ2v) is 14.7. The molecule has 3 N–H and O–H groups in total. The van der Waals surface area contributed by atoms with Crippen LogP contribution in [0, 0.1) is 0 Å². The third kappa shape index (κ3) is 33.9. The van der Waals surface area contributed by atoms with Crippen molar-refractivity contribution in [1.82, 2.24) is 5.32 Å². The van der Waals surface area contributed by atoms with Gasteiger partial charge in [0.25, 0.3) is 10.1 Å². The van der Waals surface area contributed by atoms with Crippen molar-refractivity contribution in [2.24, 2.45) is 0 Å². The Kier molecular flexibility index (Phi) is 32.4. The van der Waals surface area contributed by atoms with E-state index in [-0.39, 0.29) is 5.91 Å². The van der Waals surface area contributed by atoms with Gasteiger partial charge in [0.1, 0.15) is 0 Å². The van der Waals surface area contributed by atoms with E-state index < -0.39 is 28.0 Å². The zero-order chi connectivity index (χ0) is 34.0. The normalized spacial score (nSPS) is 13.7. The molecule has 0 aromatic rings. The Morgan fingerprint density at radius 3 is 1.43 bits per heavy atom. The molecule has 0 radical (unpaired) electrons. The fraction of sp³-hybridized carbons (Fsp3) is 0.821. The molecule has 0 rings (SSSR count). The number of carbonyl (C=O) groups excluding carboxylic acids is 1. The summed E-state index contributed by atoms with van der Waals surface area (Å²) < 4.78 is 32.3. The van der Waals surface area contributed by atoms with E-state index in [0.717, 1.165) is 64.2 Å². The molecule has 0 heterocycles. The molecule has 7 heteroatoms. The van der Waals surface area contributed by atoms with Crippen molar-refractivity contribution in [3.63, 3.8) is 0 Å². The maximum absolute atomic E-state index is 12.5. The van der Waals surface area contributed by atoms with E-state index >= 15 is 0 Å². The Hall–Kier alpha value is -1.44. The first-order valence-electron chi connectivity index (χ1n) is 19.2. The lowest BCUT2D eigenvalue weighted by Crippen LogP contribution is -2.47. The van der Waals surface area contributed by atoms with Gasteiger partial charge in [0.15, 0.2) is 0 Å². The minimum atomic E-state index is -4.30. The third-order valence-corrected chi connectivity index (χ3v) is 9.38. The summed E-state index contributed by atoms with van der Waals surface area (Å²) in [5, 5.41) is 13.2. The predicted octanol–water partition coefficient (Wildman–Crippen LogP) is 11.0. The number of aliphatic hydroxyl groups is 1. The summed E-state index contributed by atoms with van der Waals surface area (Å²) in [7, 11) is -4.30. The van der Waals surface area contributed by atoms with Gasteiger partial charge in [0.2, 0.25) is 5.91 Å². The first-order valence-corrected chi connectivity index (χ1v) is 20.8. The monoisotopic (exact) mass is 668 g/mol. The Labute approximate surface area is 285 Å². The molecule has 46 heavy (non-hydrogen) atoms. The highest BCUT2D eigenvalue weighted by molar-refractivity contribution is 7.85. The summed E-state index contributed by atoms with van der Waals surface area (Å²) in [5.74, 6) is -0.909. The summed E-state index contributed by atoms with van der Waals surface area (Å²) in [6.07, 6.45) is 42.5. The van der Waals surface area contributed by atoms with Gasteiger partial charge in [-0.05, 0) is 51.4 Å². The second kappa shape index (κ2) is 33.5. The van der Waals surface area contributed by atoms with Gasteiger partial charge in [-0.2, -0.15) is 8.42 Å². The second-order valence-electron chi connectivity index (χ2n) is 13.2. The standard InChI is InChI=1S/C39H73NO5S/c1-3-5-7-9-11-13-14-15-16-17-18-19-20-21-22-23-24-25-26-27-29-31-33-35-39(42)40-37(36-46(43,44)45)38(41)34-32-30-28-12-10-8-6-4-2/h14-15,17-18,20-21,37-38,41H,3-13,16,19,22-36H2,1-2H3,(H,40,42)(H,43,44,45)/b15-14-,18-17-,21-20-. The highest BCUT2D eigenvalue weighted by Gasteiger charge is 2.26. The number of hydrogen-bond acceptors (Lipinski definition) is 4. The van der Waals surface area contributed by atoms with E-state index in [2.05, 4.69) is 55.6 Å². The average Bonchev–Trinajstić information content (AvgIpc) is 3.01. The summed E-state index contributed by atoms with van der Waals surface area (Å²) in [6, 6.07) is -0.972. The van der Waals surface area contributed by atoms with Crippen molar-refractivity contribution in [2.45, 2.75) is 199 Å². The number of unbranched alkanes of at least 4 members (excludes halogenated alkanes) is 20. The summed E-state index contributed by atoms with van der Waals surface area (Å²) in [6.45, 7) is 4.46. The Bertz CT molecular complexity index is 868. The van der Waals surface area contributed by atoms with Gasteiger partial charge < -0.3 is 10.4 Å². The van der Waals surface area contributed by atoms with Crippen LogP contribution in [0.5, 0.6) is 0 Å². The van der Waals surface area contributed by atoms with E-state index in [1.807, 2.05) is 0 Å². The topological polar surface area (TPSA) is 104 Å². The van der Waals surface area contributed by atoms with Gasteiger partial charge in [-0.1, -0.05) is 166 Å². The van der Waals surface area contributed by atoms with Crippen molar-refractivity contribution in [2.75, 3.05) is 5.75 Å². The van der Waals surface area contributed by atoms with E-state index in [1.54, 1.807) is 0 Å². The molecule has 0 aromatic carbocycles. The third-order valence-electron chi connectivity index (χ3n) is 8.60. The maximum Gasteiger partial charge on any atom is 0.266 e. The van der Waals surface area contributed by atoms with Gasteiger partial charge in [-0.15, -0.1) is 0 Å². The minimum Gasteiger partial charge on any atom is -0.391 e. The summed E-state index contributed by atoms with van der Waals surface area (Å²) >= 11 is 0. The van der Waals surface area contributed by atoms with Gasteiger partial charge in [0.05, 0.1) is 17.9 Å². The van der Waals surface area contributed by atoms with E-state index in [1.165, 1.54) is 96.3 Å². The molecule has 2 atom stereocenters. The van der Waals surface area contributed by atoms with Gasteiger partial charge in [-0.25, -0.2) is 0 Å². The highest BCUT2D eigenvalue weighted by atomic mass is 32.2. The molecule has 0 aliphatic carbocycles. The van der Waals surface area contributed by atoms with Gasteiger partial charge in [-0.3, -0.25) is 9.35 Å².